The van der Waals surface area contributed by atoms with Crippen LogP contribution < -0.4 is 0 Å². The Morgan fingerprint density at radius 2 is 1.21 bits per heavy atom. The van der Waals surface area contributed by atoms with Gasteiger partial charge in [-0.3, -0.25) is 9.88 Å². The molecule has 0 radical (unpaired) electrons. The Balaban J connectivity index is 1.83. The molecule has 3 rings (SSSR count). The van der Waals surface area contributed by atoms with Gasteiger partial charge in [0.25, 0.3) is 0 Å². The Morgan fingerprint density at radius 3 is 1.71 bits per heavy atom. The average Bonchev–Trinajstić information content (AvgIpc) is 2.60. The lowest BCUT2D eigenvalue weighted by molar-refractivity contribution is 0.238. The van der Waals surface area contributed by atoms with Crippen LogP contribution in [-0.2, 0) is 19.6 Å². The Morgan fingerprint density at radius 1 is 0.667 bits per heavy atom. The van der Waals surface area contributed by atoms with Crippen LogP contribution in [0.3, 0.4) is 0 Å². The minimum Gasteiger partial charge on any atom is -0.508 e. The molecule has 4 heteroatoms. The van der Waals surface area contributed by atoms with E-state index in [1.807, 2.05) is 54.6 Å². The van der Waals surface area contributed by atoms with E-state index in [0.29, 0.717) is 19.6 Å². The highest BCUT2D eigenvalue weighted by atomic mass is 16.3. The van der Waals surface area contributed by atoms with Gasteiger partial charge in [0.15, 0.2) is 0 Å². The van der Waals surface area contributed by atoms with E-state index in [2.05, 4.69) is 9.88 Å². The standard InChI is InChI=1S/C20H20N2O2/c23-19-10-3-1-7-16(19)13-22(15-18-9-5-6-12-21-18)14-17-8-2-4-11-20(17)24/h1-12,23-24H,13-15H2. The summed E-state index contributed by atoms with van der Waals surface area (Å²) in [6, 6.07) is 20.5. The van der Waals surface area contributed by atoms with E-state index in [0.717, 1.165) is 16.8 Å². The van der Waals surface area contributed by atoms with Crippen molar-refractivity contribution < 1.29 is 10.2 Å². The number of phenols is 2. The van der Waals surface area contributed by atoms with Crippen LogP contribution in [0.5, 0.6) is 11.5 Å². The van der Waals surface area contributed by atoms with Crippen molar-refractivity contribution in [2.24, 2.45) is 0 Å². The molecule has 0 saturated heterocycles. The minimum absolute atomic E-state index is 0.279. The molecule has 2 N–H and O–H groups in total. The van der Waals surface area contributed by atoms with Crippen LogP contribution in [-0.4, -0.2) is 20.1 Å². The zero-order chi connectivity index (χ0) is 16.8. The molecule has 0 saturated carbocycles. The van der Waals surface area contributed by atoms with Gasteiger partial charge in [0, 0.05) is 37.0 Å². The number of hydrogen-bond acceptors (Lipinski definition) is 4. The van der Waals surface area contributed by atoms with Gasteiger partial charge in [-0.05, 0) is 24.3 Å². The topological polar surface area (TPSA) is 56.6 Å². The van der Waals surface area contributed by atoms with E-state index in [9.17, 15) is 10.2 Å². The molecule has 0 aliphatic rings. The van der Waals surface area contributed by atoms with E-state index >= 15 is 0 Å². The van der Waals surface area contributed by atoms with Crippen molar-refractivity contribution in [3.8, 4) is 11.5 Å². The summed E-state index contributed by atoms with van der Waals surface area (Å²) in [5, 5.41) is 20.1. The number of para-hydroxylation sites is 2. The second-order valence-corrected chi connectivity index (χ2v) is 5.72. The number of nitrogens with zero attached hydrogens (tertiary/aromatic N) is 2. The van der Waals surface area contributed by atoms with Crippen molar-refractivity contribution >= 4 is 0 Å². The van der Waals surface area contributed by atoms with Crippen LogP contribution in [0.25, 0.3) is 0 Å². The van der Waals surface area contributed by atoms with Crippen molar-refractivity contribution in [2.45, 2.75) is 19.6 Å². The van der Waals surface area contributed by atoms with Gasteiger partial charge in [-0.1, -0.05) is 42.5 Å². The molecule has 24 heavy (non-hydrogen) atoms. The van der Waals surface area contributed by atoms with Gasteiger partial charge in [-0.25, -0.2) is 0 Å². The van der Waals surface area contributed by atoms with Gasteiger partial charge in [-0.2, -0.15) is 0 Å². The quantitative estimate of drug-likeness (QED) is 0.727. The number of aromatic nitrogens is 1. The number of hydrogen-bond donors (Lipinski definition) is 2. The van der Waals surface area contributed by atoms with E-state index in [1.165, 1.54) is 0 Å². The summed E-state index contributed by atoms with van der Waals surface area (Å²) in [5.74, 6) is 0.557. The number of phenolic OH excluding ortho intramolecular Hbond substituents is 2. The fourth-order valence-corrected chi connectivity index (χ4v) is 2.66. The summed E-state index contributed by atoms with van der Waals surface area (Å²) in [6.45, 7) is 1.76. The largest absolute Gasteiger partial charge is 0.508 e. The summed E-state index contributed by atoms with van der Waals surface area (Å²) < 4.78 is 0. The van der Waals surface area contributed by atoms with Gasteiger partial charge in [0.2, 0.25) is 0 Å². The van der Waals surface area contributed by atoms with E-state index < -0.39 is 0 Å². The lowest BCUT2D eigenvalue weighted by atomic mass is 10.1. The average molecular weight is 320 g/mol. The lowest BCUT2D eigenvalue weighted by Crippen LogP contribution is -2.23. The lowest BCUT2D eigenvalue weighted by Gasteiger charge is -2.23. The van der Waals surface area contributed by atoms with Crippen LogP contribution in [0.4, 0.5) is 0 Å². The van der Waals surface area contributed by atoms with Crippen molar-refractivity contribution in [2.75, 3.05) is 0 Å². The molecular weight excluding hydrogens is 300 g/mol. The van der Waals surface area contributed by atoms with Crippen LogP contribution in [0.1, 0.15) is 16.8 Å². The molecule has 0 unspecified atom stereocenters. The van der Waals surface area contributed by atoms with Gasteiger partial charge < -0.3 is 10.2 Å². The molecule has 0 aliphatic heterocycles. The fourth-order valence-electron chi connectivity index (χ4n) is 2.66. The summed E-state index contributed by atoms with van der Waals surface area (Å²) in [4.78, 5) is 6.53. The zero-order valence-corrected chi connectivity index (χ0v) is 13.3. The molecule has 0 fully saturated rings. The highest BCUT2D eigenvalue weighted by Crippen LogP contribution is 2.23. The summed E-state index contributed by atoms with van der Waals surface area (Å²) in [7, 11) is 0. The van der Waals surface area contributed by atoms with E-state index in [-0.39, 0.29) is 11.5 Å². The molecule has 0 bridgehead atoms. The van der Waals surface area contributed by atoms with Crippen molar-refractivity contribution in [1.82, 2.24) is 9.88 Å². The molecule has 1 aromatic heterocycles. The summed E-state index contributed by atoms with van der Waals surface area (Å²) in [5.41, 5.74) is 2.65. The molecule has 1 heterocycles. The molecule has 0 aliphatic carbocycles. The van der Waals surface area contributed by atoms with Gasteiger partial charge in [-0.15, -0.1) is 0 Å². The Hall–Kier alpha value is -2.85. The molecular formula is C20H20N2O2. The minimum atomic E-state index is 0.279. The van der Waals surface area contributed by atoms with Crippen molar-refractivity contribution in [3.05, 3.63) is 89.7 Å². The number of aromatic hydroxyl groups is 2. The normalized spacial score (nSPS) is 10.9. The predicted molar refractivity (Wildman–Crippen MR) is 93.4 cm³/mol. The van der Waals surface area contributed by atoms with Crippen molar-refractivity contribution in [3.63, 3.8) is 0 Å². The zero-order valence-electron chi connectivity index (χ0n) is 13.3. The fraction of sp³-hybridized carbons (Fsp3) is 0.150. The Kier molecular flexibility index (Phi) is 5.08. The maximum Gasteiger partial charge on any atom is 0.120 e. The van der Waals surface area contributed by atoms with Crippen LogP contribution >= 0.6 is 0 Å². The van der Waals surface area contributed by atoms with Crippen LogP contribution in [0.2, 0.25) is 0 Å². The van der Waals surface area contributed by atoms with E-state index in [4.69, 9.17) is 0 Å². The van der Waals surface area contributed by atoms with Crippen molar-refractivity contribution in [1.29, 1.82) is 0 Å². The number of rotatable bonds is 6. The highest BCUT2D eigenvalue weighted by molar-refractivity contribution is 5.33. The summed E-state index contributed by atoms with van der Waals surface area (Å²) in [6.07, 6.45) is 1.77. The molecule has 0 atom stereocenters. The molecule has 3 aromatic rings. The van der Waals surface area contributed by atoms with E-state index in [1.54, 1.807) is 18.3 Å². The van der Waals surface area contributed by atoms with Gasteiger partial charge in [0.1, 0.15) is 11.5 Å². The first-order valence-electron chi connectivity index (χ1n) is 7.88. The second kappa shape index (κ2) is 7.62. The van der Waals surface area contributed by atoms with Gasteiger partial charge >= 0.3 is 0 Å². The van der Waals surface area contributed by atoms with Crippen LogP contribution in [0.15, 0.2) is 72.9 Å². The number of pyridine rings is 1. The molecule has 0 amide bonds. The first kappa shape index (κ1) is 16.0. The Bertz CT molecular complexity index is 743. The number of benzene rings is 2. The highest BCUT2D eigenvalue weighted by Gasteiger charge is 2.13. The summed E-state index contributed by atoms with van der Waals surface area (Å²) >= 11 is 0. The van der Waals surface area contributed by atoms with Crippen LogP contribution in [0, 0.1) is 0 Å². The van der Waals surface area contributed by atoms with Gasteiger partial charge in [0.05, 0.1) is 5.69 Å². The predicted octanol–water partition coefficient (Wildman–Crippen LogP) is 3.70. The maximum atomic E-state index is 10.1. The second-order valence-electron chi connectivity index (χ2n) is 5.72. The smallest absolute Gasteiger partial charge is 0.120 e. The Labute approximate surface area is 141 Å². The maximum absolute atomic E-state index is 10.1. The molecule has 2 aromatic carbocycles. The monoisotopic (exact) mass is 320 g/mol. The SMILES string of the molecule is Oc1ccccc1CN(Cc1ccccn1)Cc1ccccc1O. The third-order valence-electron chi connectivity index (χ3n) is 3.88. The first-order chi connectivity index (χ1) is 11.7. The third-order valence-corrected chi connectivity index (χ3v) is 3.88. The third kappa shape index (κ3) is 4.12. The molecule has 0 spiro atoms. The molecule has 122 valence electrons. The first-order valence-corrected chi connectivity index (χ1v) is 7.88. The molecule has 4 nitrogen and oxygen atoms in total.